The summed E-state index contributed by atoms with van der Waals surface area (Å²) < 4.78 is 13.4. The van der Waals surface area contributed by atoms with Crippen LogP contribution in [0.3, 0.4) is 0 Å². The molecule has 0 radical (unpaired) electrons. The first-order valence-electron chi connectivity index (χ1n) is 6.21. The molecule has 6 heteroatoms. The first-order chi connectivity index (χ1) is 10.1. The lowest BCUT2D eigenvalue weighted by Gasteiger charge is -2.09. The maximum Gasteiger partial charge on any atom is 0.260 e. The number of benzene rings is 1. The molecule has 0 bridgehead atoms. The van der Waals surface area contributed by atoms with Gasteiger partial charge in [-0.05, 0) is 29.8 Å². The number of anilines is 1. The largest absolute Gasteiger partial charge is 0.369 e. The van der Waals surface area contributed by atoms with E-state index in [0.29, 0.717) is 22.4 Å². The summed E-state index contributed by atoms with van der Waals surface area (Å²) in [4.78, 5) is 22.8. The van der Waals surface area contributed by atoms with Gasteiger partial charge in [-0.3, -0.25) is 14.8 Å². The van der Waals surface area contributed by atoms with Gasteiger partial charge in [-0.2, -0.15) is 0 Å². The minimum atomic E-state index is -0.408. The summed E-state index contributed by atoms with van der Waals surface area (Å²) in [5.41, 5.74) is 7.02. The SMILES string of the molecule is Nc1nc(-c2cccc(F)c2)c(-c2ccncc2)c(=O)[nH]1. The molecule has 2 heterocycles. The average Bonchev–Trinajstić information content (AvgIpc) is 2.47. The Bertz CT molecular complexity index is 846. The minimum absolute atomic E-state index is 0.0166. The summed E-state index contributed by atoms with van der Waals surface area (Å²) in [6, 6.07) is 9.24. The molecule has 3 N–H and O–H groups in total. The molecule has 0 aliphatic rings. The van der Waals surface area contributed by atoms with Crippen LogP contribution in [0.5, 0.6) is 0 Å². The predicted octanol–water partition coefficient (Wildman–Crippen LogP) is 2.22. The van der Waals surface area contributed by atoms with E-state index >= 15 is 0 Å². The van der Waals surface area contributed by atoms with Crippen LogP contribution >= 0.6 is 0 Å². The van der Waals surface area contributed by atoms with Crippen LogP contribution in [0.1, 0.15) is 0 Å². The van der Waals surface area contributed by atoms with Crippen LogP contribution in [-0.2, 0) is 0 Å². The van der Waals surface area contributed by atoms with E-state index in [1.807, 2.05) is 0 Å². The molecule has 0 amide bonds. The maximum absolute atomic E-state index is 13.4. The molecule has 0 fully saturated rings. The molecule has 0 spiro atoms. The zero-order valence-electron chi connectivity index (χ0n) is 10.9. The Labute approximate surface area is 119 Å². The van der Waals surface area contributed by atoms with E-state index in [-0.39, 0.29) is 11.5 Å². The first kappa shape index (κ1) is 13.0. The lowest BCUT2D eigenvalue weighted by molar-refractivity contribution is 0.628. The average molecular weight is 282 g/mol. The van der Waals surface area contributed by atoms with Crippen molar-refractivity contribution in [1.82, 2.24) is 15.0 Å². The van der Waals surface area contributed by atoms with Gasteiger partial charge in [-0.1, -0.05) is 12.1 Å². The summed E-state index contributed by atoms with van der Waals surface area (Å²) in [5, 5.41) is 0. The monoisotopic (exact) mass is 282 g/mol. The quantitative estimate of drug-likeness (QED) is 0.754. The maximum atomic E-state index is 13.4. The molecule has 0 unspecified atom stereocenters. The Hall–Kier alpha value is -3.02. The van der Waals surface area contributed by atoms with Crippen molar-refractivity contribution in [2.75, 3.05) is 5.73 Å². The fourth-order valence-electron chi connectivity index (χ4n) is 2.12. The Kier molecular flexibility index (Phi) is 3.19. The highest BCUT2D eigenvalue weighted by molar-refractivity contribution is 5.80. The van der Waals surface area contributed by atoms with Gasteiger partial charge in [0.25, 0.3) is 5.56 Å². The topological polar surface area (TPSA) is 84.7 Å². The molecule has 5 nitrogen and oxygen atoms in total. The van der Waals surface area contributed by atoms with Crippen molar-refractivity contribution < 1.29 is 4.39 Å². The van der Waals surface area contributed by atoms with Crippen molar-refractivity contribution in [3.05, 3.63) is 65.0 Å². The second kappa shape index (κ2) is 5.16. The molecule has 3 aromatic rings. The zero-order chi connectivity index (χ0) is 14.8. The molecule has 0 aliphatic carbocycles. The van der Waals surface area contributed by atoms with Gasteiger partial charge < -0.3 is 5.73 Å². The van der Waals surface area contributed by atoms with Crippen LogP contribution in [0, 0.1) is 5.82 Å². The number of nitrogen functional groups attached to an aromatic ring is 1. The summed E-state index contributed by atoms with van der Waals surface area (Å²) >= 11 is 0. The van der Waals surface area contributed by atoms with Gasteiger partial charge in [0.1, 0.15) is 5.82 Å². The molecule has 0 aliphatic heterocycles. The number of aromatic amines is 1. The van der Waals surface area contributed by atoms with Gasteiger partial charge in [-0.15, -0.1) is 0 Å². The Balaban J connectivity index is 2.32. The van der Waals surface area contributed by atoms with Gasteiger partial charge in [0, 0.05) is 18.0 Å². The van der Waals surface area contributed by atoms with Crippen LogP contribution < -0.4 is 11.3 Å². The van der Waals surface area contributed by atoms with E-state index in [0.717, 1.165) is 0 Å². The van der Waals surface area contributed by atoms with Crippen molar-refractivity contribution in [2.45, 2.75) is 0 Å². The van der Waals surface area contributed by atoms with Crippen LogP contribution in [0.2, 0.25) is 0 Å². The number of H-pyrrole nitrogens is 1. The molecule has 0 saturated heterocycles. The van der Waals surface area contributed by atoms with Gasteiger partial charge in [0.15, 0.2) is 0 Å². The van der Waals surface area contributed by atoms with Crippen molar-refractivity contribution in [3.63, 3.8) is 0 Å². The summed E-state index contributed by atoms with van der Waals surface area (Å²) in [6.45, 7) is 0. The molecule has 0 saturated carbocycles. The highest BCUT2D eigenvalue weighted by atomic mass is 19.1. The molecule has 104 valence electrons. The van der Waals surface area contributed by atoms with Crippen LogP contribution in [0.4, 0.5) is 10.3 Å². The lowest BCUT2D eigenvalue weighted by atomic mass is 10.0. The third-order valence-corrected chi connectivity index (χ3v) is 3.00. The molecule has 0 atom stereocenters. The van der Waals surface area contributed by atoms with Crippen molar-refractivity contribution in [2.24, 2.45) is 0 Å². The normalized spacial score (nSPS) is 10.5. The fourth-order valence-corrected chi connectivity index (χ4v) is 2.12. The lowest BCUT2D eigenvalue weighted by Crippen LogP contribution is -2.15. The minimum Gasteiger partial charge on any atom is -0.369 e. The number of halogens is 1. The van der Waals surface area contributed by atoms with Crippen LogP contribution in [-0.4, -0.2) is 15.0 Å². The van der Waals surface area contributed by atoms with Gasteiger partial charge in [-0.25, -0.2) is 9.37 Å². The number of pyridine rings is 1. The number of rotatable bonds is 2. The van der Waals surface area contributed by atoms with E-state index in [2.05, 4.69) is 15.0 Å². The van der Waals surface area contributed by atoms with E-state index in [1.54, 1.807) is 36.7 Å². The zero-order valence-corrected chi connectivity index (χ0v) is 10.9. The van der Waals surface area contributed by atoms with E-state index in [1.165, 1.54) is 12.1 Å². The Morgan fingerprint density at radius 1 is 1.10 bits per heavy atom. The fraction of sp³-hybridized carbons (Fsp3) is 0. The number of nitrogens with zero attached hydrogens (tertiary/aromatic N) is 2. The molecule has 1 aromatic carbocycles. The van der Waals surface area contributed by atoms with Crippen LogP contribution in [0.15, 0.2) is 53.6 Å². The number of aromatic nitrogens is 3. The standard InChI is InChI=1S/C15H11FN4O/c16-11-3-1-2-10(8-11)13-12(9-4-6-18-7-5-9)14(21)20-15(17)19-13/h1-8H,(H3,17,19,20,21). The number of nitrogens with two attached hydrogens (primary N) is 1. The van der Waals surface area contributed by atoms with Crippen molar-refractivity contribution >= 4 is 5.95 Å². The molecular formula is C15H11FN4O. The van der Waals surface area contributed by atoms with E-state index in [9.17, 15) is 9.18 Å². The molecule has 3 rings (SSSR count). The second-order valence-corrected chi connectivity index (χ2v) is 4.42. The second-order valence-electron chi connectivity index (χ2n) is 4.42. The van der Waals surface area contributed by atoms with Crippen molar-refractivity contribution in [1.29, 1.82) is 0 Å². The van der Waals surface area contributed by atoms with Gasteiger partial charge in [0.2, 0.25) is 5.95 Å². The summed E-state index contributed by atoms with van der Waals surface area (Å²) in [6.07, 6.45) is 3.14. The number of hydrogen-bond donors (Lipinski definition) is 2. The smallest absolute Gasteiger partial charge is 0.260 e. The molecule has 2 aromatic heterocycles. The molecule has 21 heavy (non-hydrogen) atoms. The number of nitrogens with one attached hydrogen (secondary N) is 1. The van der Waals surface area contributed by atoms with Crippen LogP contribution in [0.25, 0.3) is 22.4 Å². The highest BCUT2D eigenvalue weighted by Gasteiger charge is 2.15. The first-order valence-corrected chi connectivity index (χ1v) is 6.21. The Morgan fingerprint density at radius 3 is 2.57 bits per heavy atom. The van der Waals surface area contributed by atoms with E-state index < -0.39 is 5.82 Å². The predicted molar refractivity (Wildman–Crippen MR) is 77.9 cm³/mol. The Morgan fingerprint density at radius 2 is 1.86 bits per heavy atom. The van der Waals surface area contributed by atoms with Gasteiger partial charge >= 0.3 is 0 Å². The third-order valence-electron chi connectivity index (χ3n) is 3.00. The van der Waals surface area contributed by atoms with E-state index in [4.69, 9.17) is 5.73 Å². The van der Waals surface area contributed by atoms with Crippen molar-refractivity contribution in [3.8, 4) is 22.4 Å². The summed E-state index contributed by atoms with van der Waals surface area (Å²) in [5.74, 6) is -0.425. The highest BCUT2D eigenvalue weighted by Crippen LogP contribution is 2.27. The molecular weight excluding hydrogens is 271 g/mol. The van der Waals surface area contributed by atoms with Gasteiger partial charge in [0.05, 0.1) is 11.3 Å². The third kappa shape index (κ3) is 2.51. The summed E-state index contributed by atoms with van der Waals surface area (Å²) in [7, 11) is 0. The number of hydrogen-bond acceptors (Lipinski definition) is 4.